The van der Waals surface area contributed by atoms with Crippen molar-refractivity contribution < 1.29 is 27.9 Å². The van der Waals surface area contributed by atoms with Gasteiger partial charge in [0.1, 0.15) is 11.9 Å². The summed E-state index contributed by atoms with van der Waals surface area (Å²) in [7, 11) is -2.28. The van der Waals surface area contributed by atoms with E-state index in [1.165, 1.54) is 47.4 Å². The molecule has 38 heavy (non-hydrogen) atoms. The van der Waals surface area contributed by atoms with Crippen LogP contribution in [0.25, 0.3) is 0 Å². The molecule has 0 bridgehead atoms. The Morgan fingerprint density at radius 2 is 1.87 bits per heavy atom. The fourth-order valence-corrected chi connectivity index (χ4v) is 5.22. The van der Waals surface area contributed by atoms with E-state index in [-0.39, 0.29) is 59.6 Å². The van der Waals surface area contributed by atoms with Crippen LogP contribution in [-0.4, -0.2) is 80.2 Å². The molecule has 12 heteroatoms. The number of aliphatic hydroxyl groups is 1. The lowest BCUT2D eigenvalue weighted by Crippen LogP contribution is -2.51. The molecule has 1 aliphatic heterocycles. The lowest BCUT2D eigenvalue weighted by molar-refractivity contribution is 0.0366. The molecule has 0 saturated heterocycles. The number of fused-ring (bicyclic) bond motifs is 1. The molecule has 2 aromatic rings. The first-order valence-corrected chi connectivity index (χ1v) is 14.2. The van der Waals surface area contributed by atoms with E-state index in [0.717, 1.165) is 0 Å². The van der Waals surface area contributed by atoms with Gasteiger partial charge in [0.2, 0.25) is 0 Å². The molecule has 3 amide bonds. The smallest absolute Gasteiger partial charge is 0.317 e. The van der Waals surface area contributed by atoms with E-state index in [1.54, 1.807) is 18.9 Å². The van der Waals surface area contributed by atoms with E-state index in [1.807, 2.05) is 20.8 Å². The van der Waals surface area contributed by atoms with Gasteiger partial charge in [-0.1, -0.05) is 18.5 Å². The summed E-state index contributed by atoms with van der Waals surface area (Å²) < 4.78 is 34.6. The van der Waals surface area contributed by atoms with Crippen molar-refractivity contribution in [2.45, 2.75) is 50.8 Å². The molecule has 3 rings (SSSR count). The Labute approximate surface area is 229 Å². The maximum atomic E-state index is 13.6. The molecule has 0 aliphatic carbocycles. The Morgan fingerprint density at radius 3 is 2.47 bits per heavy atom. The Balaban J connectivity index is 1.96. The molecule has 3 atom stereocenters. The summed E-state index contributed by atoms with van der Waals surface area (Å²) in [6, 6.07) is 9.41. The number of carbonyl (C=O) groups excluding carboxylic acids is 2. The van der Waals surface area contributed by atoms with Crippen LogP contribution in [0.1, 0.15) is 38.1 Å². The van der Waals surface area contributed by atoms with E-state index in [9.17, 15) is 23.1 Å². The summed E-state index contributed by atoms with van der Waals surface area (Å²) >= 11 is 5.88. The fourth-order valence-electron chi connectivity index (χ4n) is 4.04. The first-order chi connectivity index (χ1) is 17.8. The van der Waals surface area contributed by atoms with Gasteiger partial charge in [-0.2, -0.15) is 0 Å². The van der Waals surface area contributed by atoms with Gasteiger partial charge in [-0.3, -0.25) is 9.52 Å². The zero-order chi connectivity index (χ0) is 28.2. The number of halogens is 1. The number of amides is 3. The topological polar surface area (TPSA) is 128 Å². The van der Waals surface area contributed by atoms with Crippen LogP contribution in [-0.2, 0) is 10.0 Å². The molecule has 0 radical (unpaired) electrons. The normalized spacial score (nSPS) is 18.6. The average molecular weight is 567 g/mol. The van der Waals surface area contributed by atoms with Crippen LogP contribution < -0.4 is 14.8 Å². The van der Waals surface area contributed by atoms with Crippen LogP contribution in [0, 0.1) is 5.92 Å². The minimum Gasteiger partial charge on any atom is -0.487 e. The number of likely N-dealkylation sites (N-methyl/N-ethyl adjacent to an activating group) is 1. The van der Waals surface area contributed by atoms with Crippen LogP contribution >= 0.6 is 11.6 Å². The van der Waals surface area contributed by atoms with Crippen molar-refractivity contribution in [2.24, 2.45) is 5.92 Å². The number of nitrogens with zero attached hydrogens (tertiary/aromatic N) is 2. The predicted molar refractivity (Wildman–Crippen MR) is 146 cm³/mol. The molecule has 0 saturated carbocycles. The molecular weight excluding hydrogens is 532 g/mol. The molecular formula is C26H35ClN4O6S. The van der Waals surface area contributed by atoms with E-state index < -0.39 is 28.1 Å². The molecule has 208 valence electrons. The number of benzene rings is 2. The fraction of sp³-hybridized carbons (Fsp3) is 0.462. The summed E-state index contributed by atoms with van der Waals surface area (Å²) in [5.74, 6) is -0.322. The monoisotopic (exact) mass is 566 g/mol. The Morgan fingerprint density at radius 1 is 1.21 bits per heavy atom. The van der Waals surface area contributed by atoms with Crippen LogP contribution in [0.15, 0.2) is 47.4 Å². The first-order valence-electron chi connectivity index (χ1n) is 12.3. The second kappa shape index (κ2) is 12.2. The highest BCUT2D eigenvalue weighted by atomic mass is 35.5. The van der Waals surface area contributed by atoms with Gasteiger partial charge in [0.15, 0.2) is 0 Å². The predicted octanol–water partition coefficient (Wildman–Crippen LogP) is 3.41. The highest BCUT2D eigenvalue weighted by molar-refractivity contribution is 7.92. The van der Waals surface area contributed by atoms with Crippen molar-refractivity contribution in [3.05, 3.63) is 53.1 Å². The molecule has 0 unspecified atom stereocenters. The zero-order valence-corrected chi connectivity index (χ0v) is 23.7. The summed E-state index contributed by atoms with van der Waals surface area (Å²) in [5, 5.41) is 13.1. The lowest BCUT2D eigenvalue weighted by atomic mass is 9.99. The van der Waals surface area contributed by atoms with E-state index in [4.69, 9.17) is 16.3 Å². The molecule has 3 N–H and O–H groups in total. The lowest BCUT2D eigenvalue weighted by Gasteiger charge is -2.38. The van der Waals surface area contributed by atoms with Crippen molar-refractivity contribution >= 4 is 39.2 Å². The van der Waals surface area contributed by atoms with Gasteiger partial charge in [-0.25, -0.2) is 13.2 Å². The largest absolute Gasteiger partial charge is 0.487 e. The number of nitrogens with one attached hydrogen (secondary N) is 2. The number of rotatable bonds is 8. The van der Waals surface area contributed by atoms with Crippen LogP contribution in [0.3, 0.4) is 0 Å². The highest BCUT2D eigenvalue weighted by Crippen LogP contribution is 2.31. The number of aliphatic hydroxyl groups excluding tert-OH is 1. The van der Waals surface area contributed by atoms with E-state index in [0.29, 0.717) is 5.02 Å². The number of ether oxygens (including phenoxy) is 1. The highest BCUT2D eigenvalue weighted by Gasteiger charge is 2.34. The summed E-state index contributed by atoms with van der Waals surface area (Å²) in [5.41, 5.74) is 0.318. The van der Waals surface area contributed by atoms with Crippen molar-refractivity contribution in [1.82, 2.24) is 15.1 Å². The molecule has 2 aromatic carbocycles. The van der Waals surface area contributed by atoms with Gasteiger partial charge in [0.05, 0.1) is 29.7 Å². The van der Waals surface area contributed by atoms with E-state index in [2.05, 4.69) is 10.0 Å². The Bertz CT molecular complexity index is 1250. The summed E-state index contributed by atoms with van der Waals surface area (Å²) in [4.78, 5) is 29.2. The second-order valence-corrected chi connectivity index (χ2v) is 12.0. The van der Waals surface area contributed by atoms with E-state index >= 15 is 0 Å². The minimum atomic E-state index is -3.95. The number of urea groups is 1. The van der Waals surface area contributed by atoms with Gasteiger partial charge in [0.25, 0.3) is 15.9 Å². The van der Waals surface area contributed by atoms with Gasteiger partial charge >= 0.3 is 6.03 Å². The van der Waals surface area contributed by atoms with Crippen LogP contribution in [0.2, 0.25) is 5.02 Å². The summed E-state index contributed by atoms with van der Waals surface area (Å²) in [6.45, 7) is 7.66. The van der Waals surface area contributed by atoms with Crippen molar-refractivity contribution in [1.29, 1.82) is 0 Å². The van der Waals surface area contributed by atoms with Crippen molar-refractivity contribution in [3.63, 3.8) is 0 Å². The number of sulfonamides is 1. The average Bonchev–Trinajstić information content (AvgIpc) is 2.85. The molecule has 1 aliphatic rings. The van der Waals surface area contributed by atoms with Crippen molar-refractivity contribution in [2.75, 3.05) is 31.5 Å². The first kappa shape index (κ1) is 29.5. The van der Waals surface area contributed by atoms with Gasteiger partial charge in [-0.05, 0) is 63.2 Å². The standard InChI is InChI=1S/C26H35ClN4O6S/c1-16(2)28-26(34)30(5)14-24-17(3)13-31(18(4)15-32)25(33)22-12-20(8-11-23(22)37-24)29-38(35,36)21-9-6-19(27)7-10-21/h6-12,16-18,24,29,32H,13-15H2,1-5H3,(H,28,34)/t17-,18+,24+/m1/s1. The zero-order valence-electron chi connectivity index (χ0n) is 22.1. The Kier molecular flexibility index (Phi) is 9.50. The molecule has 0 fully saturated rings. The minimum absolute atomic E-state index is 0.0170. The van der Waals surface area contributed by atoms with Gasteiger partial charge < -0.3 is 25.0 Å². The molecule has 1 heterocycles. The van der Waals surface area contributed by atoms with Crippen LogP contribution in [0.5, 0.6) is 5.75 Å². The molecule has 10 nitrogen and oxygen atoms in total. The molecule has 0 aromatic heterocycles. The third-order valence-electron chi connectivity index (χ3n) is 6.25. The Hall–Kier alpha value is -3.02. The quantitative estimate of drug-likeness (QED) is 0.449. The number of hydrogen-bond acceptors (Lipinski definition) is 6. The van der Waals surface area contributed by atoms with Crippen molar-refractivity contribution in [3.8, 4) is 5.75 Å². The van der Waals surface area contributed by atoms with Crippen LogP contribution in [0.4, 0.5) is 10.5 Å². The number of hydrogen-bond donors (Lipinski definition) is 3. The number of anilines is 1. The SMILES string of the molecule is CC(C)NC(=O)N(C)C[C@@H]1Oc2ccc(NS(=O)(=O)c3ccc(Cl)cc3)cc2C(=O)N([C@@H](C)CO)C[C@H]1C. The third kappa shape index (κ3) is 7.09. The maximum absolute atomic E-state index is 13.6. The number of carbonyl (C=O) groups is 2. The van der Waals surface area contributed by atoms with Gasteiger partial charge in [0, 0.05) is 36.3 Å². The molecule has 0 spiro atoms. The third-order valence-corrected chi connectivity index (χ3v) is 7.90. The second-order valence-electron chi connectivity index (χ2n) is 9.88. The maximum Gasteiger partial charge on any atom is 0.317 e. The van der Waals surface area contributed by atoms with Gasteiger partial charge in [-0.15, -0.1) is 0 Å². The summed E-state index contributed by atoms with van der Waals surface area (Å²) in [6.07, 6.45) is -0.477.